The van der Waals surface area contributed by atoms with Crippen molar-refractivity contribution in [2.45, 2.75) is 113 Å². The lowest BCUT2D eigenvalue weighted by Crippen LogP contribution is -2.57. The fraction of sp³-hybridized carbons (Fsp3) is 0.457. The number of hydrogen-bond acceptors (Lipinski definition) is 9. The lowest BCUT2D eigenvalue weighted by Gasteiger charge is -2.37. The summed E-state index contributed by atoms with van der Waals surface area (Å²) >= 11 is 7.52. The number of para-hydroxylation sites is 1. The smallest absolute Gasteiger partial charge is 0.355 e. The molecule has 2 N–H and O–H groups in total. The van der Waals surface area contributed by atoms with Crippen LogP contribution in [-0.2, 0) is 23.7 Å². The van der Waals surface area contributed by atoms with Crippen molar-refractivity contribution in [3.63, 3.8) is 0 Å². The third kappa shape index (κ3) is 8.61. The molecule has 62 heavy (non-hydrogen) atoms. The Kier molecular flexibility index (Phi) is 12.8. The zero-order valence-corrected chi connectivity index (χ0v) is 37.1. The number of nitrogens with one attached hydrogen (secondary N) is 2. The van der Waals surface area contributed by atoms with Gasteiger partial charge in [-0.3, -0.25) is 23.7 Å². The van der Waals surface area contributed by atoms with Gasteiger partial charge >= 0.3 is 13.5 Å². The summed E-state index contributed by atoms with van der Waals surface area (Å²) in [6, 6.07) is 21.5. The van der Waals surface area contributed by atoms with Gasteiger partial charge in [0.2, 0.25) is 17.7 Å². The minimum atomic E-state index is -4.46. The van der Waals surface area contributed by atoms with Gasteiger partial charge in [0.25, 0.3) is 5.91 Å². The molecule has 1 unspecified atom stereocenters. The Morgan fingerprint density at radius 3 is 2.53 bits per heavy atom. The molecule has 4 heterocycles. The highest BCUT2D eigenvalue weighted by molar-refractivity contribution is 7.57. The van der Waals surface area contributed by atoms with Gasteiger partial charge in [0.1, 0.15) is 23.9 Å². The number of hydrogen-bond donors (Lipinski definition) is 2. The number of carbonyl (C=O) groups is 4. The zero-order valence-electron chi connectivity index (χ0n) is 34.6. The Bertz CT molecular complexity index is 2440. The van der Waals surface area contributed by atoms with E-state index in [4.69, 9.17) is 20.9 Å². The number of amides is 3. The Morgan fingerprint density at radius 2 is 1.81 bits per heavy atom. The lowest BCUT2D eigenvalue weighted by atomic mass is 9.85. The molecule has 3 aromatic carbocycles. The molecule has 1 saturated carbocycles. The van der Waals surface area contributed by atoms with Crippen LogP contribution in [0.25, 0.3) is 10.1 Å². The zero-order chi connectivity index (χ0) is 43.8. The van der Waals surface area contributed by atoms with Crippen LogP contribution in [0.4, 0.5) is 4.39 Å². The first-order valence-electron chi connectivity index (χ1n) is 21.4. The molecular weight excluding hydrogens is 852 g/mol. The van der Waals surface area contributed by atoms with Gasteiger partial charge in [0.15, 0.2) is 0 Å². The summed E-state index contributed by atoms with van der Waals surface area (Å²) in [5.74, 6) is -4.24. The molecule has 4 aromatic rings. The highest BCUT2D eigenvalue weighted by atomic mass is 35.5. The molecule has 0 radical (unpaired) electrons. The number of nitrogens with zero attached hydrogens (tertiary/aromatic N) is 3. The highest BCUT2D eigenvalue weighted by Crippen LogP contribution is 2.59. The number of fused-ring (bicyclic) bond motifs is 2. The van der Waals surface area contributed by atoms with E-state index in [2.05, 4.69) is 16.5 Å². The van der Waals surface area contributed by atoms with Gasteiger partial charge in [-0.1, -0.05) is 67.8 Å². The van der Waals surface area contributed by atoms with Crippen LogP contribution in [0.15, 0.2) is 78.9 Å². The van der Waals surface area contributed by atoms with Crippen LogP contribution in [-0.4, -0.2) is 76.3 Å². The number of halogens is 2. The van der Waals surface area contributed by atoms with E-state index in [0.717, 1.165) is 37.7 Å². The van der Waals surface area contributed by atoms with Crippen LogP contribution in [0.3, 0.4) is 0 Å². The number of esters is 1. The molecule has 3 aliphatic heterocycles. The lowest BCUT2D eigenvalue weighted by molar-refractivity contribution is -0.148. The van der Waals surface area contributed by atoms with Crippen molar-refractivity contribution < 1.29 is 37.4 Å². The molecule has 1 aromatic heterocycles. The topological polar surface area (TPSA) is 158 Å². The first-order valence-corrected chi connectivity index (χ1v) is 24.3. The molecule has 12 nitrogen and oxygen atoms in total. The summed E-state index contributed by atoms with van der Waals surface area (Å²) in [6.45, 7) is 3.80. The van der Waals surface area contributed by atoms with Gasteiger partial charge in [-0.05, 0) is 111 Å². The van der Waals surface area contributed by atoms with E-state index in [1.165, 1.54) is 42.5 Å². The second-order valence-electron chi connectivity index (χ2n) is 16.9. The van der Waals surface area contributed by atoms with Crippen molar-refractivity contribution in [3.8, 4) is 11.8 Å². The molecule has 8 rings (SSSR count). The van der Waals surface area contributed by atoms with Crippen LogP contribution >= 0.6 is 30.5 Å². The van der Waals surface area contributed by atoms with E-state index in [0.29, 0.717) is 52.2 Å². The van der Waals surface area contributed by atoms with Crippen molar-refractivity contribution in [3.05, 3.63) is 99.9 Å². The highest BCUT2D eigenvalue weighted by Gasteiger charge is 2.64. The molecule has 8 atom stereocenters. The van der Waals surface area contributed by atoms with Crippen LogP contribution in [0.2, 0.25) is 5.02 Å². The number of carbonyl (C=O) groups excluding carboxylic acids is 4. The first kappa shape index (κ1) is 43.8. The number of nitriles is 1. The van der Waals surface area contributed by atoms with Gasteiger partial charge in [-0.15, -0.1) is 11.3 Å². The van der Waals surface area contributed by atoms with Crippen LogP contribution < -0.4 is 14.9 Å². The number of thiophene rings is 1. The molecular formula is C46H50ClFN5O7PS. The molecule has 0 bridgehead atoms. The van der Waals surface area contributed by atoms with E-state index < -0.39 is 49.0 Å². The Hall–Kier alpha value is -4.80. The van der Waals surface area contributed by atoms with E-state index >= 15 is 4.39 Å². The van der Waals surface area contributed by atoms with Crippen molar-refractivity contribution >= 4 is 64.2 Å². The third-order valence-corrected chi connectivity index (χ3v) is 16.2. The quantitative estimate of drug-likeness (QED) is 0.0987. The summed E-state index contributed by atoms with van der Waals surface area (Å²) in [7, 11) is -4.46. The van der Waals surface area contributed by atoms with Gasteiger partial charge < -0.3 is 24.4 Å². The van der Waals surface area contributed by atoms with E-state index in [9.17, 15) is 29.0 Å². The number of alkyl halides is 1. The van der Waals surface area contributed by atoms with E-state index in [1.54, 1.807) is 41.3 Å². The SMILES string of the molecule is CCCOC(=O)[C@H](C)NP(=O)(Oc1ccccc1)[C@@H](F)c1ccc2sc(C(=O)N[C@H]3CCCC[C@H]4CC[C@@H](C(=O)N5C[C@@H](c6cccc(Cl)c6)[C@H](C#N)C56CC6)N4C3=O)cc2c1. The number of rotatable bonds is 13. The van der Waals surface area contributed by atoms with Gasteiger partial charge in [0, 0.05) is 28.2 Å². The van der Waals surface area contributed by atoms with E-state index in [1.807, 2.05) is 30.0 Å². The summed E-state index contributed by atoms with van der Waals surface area (Å²) in [5.41, 5.74) is 0.370. The largest absolute Gasteiger partial charge is 0.465 e. The normalized spacial score (nSPS) is 24.9. The summed E-state index contributed by atoms with van der Waals surface area (Å²) in [4.78, 5) is 59.7. The predicted molar refractivity (Wildman–Crippen MR) is 235 cm³/mol. The summed E-state index contributed by atoms with van der Waals surface area (Å²) in [5, 5.41) is 17.0. The van der Waals surface area contributed by atoms with E-state index in [-0.39, 0.29) is 47.6 Å². The summed E-state index contributed by atoms with van der Waals surface area (Å²) in [6.07, 6.45) is 5.96. The monoisotopic (exact) mass is 901 g/mol. The summed E-state index contributed by atoms with van der Waals surface area (Å²) < 4.78 is 42.5. The minimum absolute atomic E-state index is 0.0140. The molecule has 1 spiro atoms. The molecule has 4 fully saturated rings. The van der Waals surface area contributed by atoms with Crippen molar-refractivity contribution in [1.29, 1.82) is 5.26 Å². The molecule has 1 aliphatic carbocycles. The average molecular weight is 902 g/mol. The second-order valence-corrected chi connectivity index (χ2v) is 20.5. The van der Waals surface area contributed by atoms with Crippen LogP contribution in [0, 0.1) is 17.2 Å². The number of benzene rings is 3. The molecule has 326 valence electrons. The fourth-order valence-corrected chi connectivity index (χ4v) is 12.6. The Labute approximate surface area is 369 Å². The average Bonchev–Trinajstić information content (AvgIpc) is 3.59. The molecule has 3 amide bonds. The second kappa shape index (κ2) is 18.1. The fourth-order valence-electron chi connectivity index (χ4n) is 9.55. The van der Waals surface area contributed by atoms with Crippen molar-refractivity contribution in [2.24, 2.45) is 5.92 Å². The van der Waals surface area contributed by atoms with Crippen LogP contribution in [0.1, 0.15) is 104 Å². The maximum Gasteiger partial charge on any atom is 0.355 e. The molecule has 3 saturated heterocycles. The molecule has 16 heteroatoms. The Balaban J connectivity index is 0.992. The van der Waals surface area contributed by atoms with Gasteiger partial charge in [-0.2, -0.15) is 5.26 Å². The Morgan fingerprint density at radius 1 is 1.03 bits per heavy atom. The first-order chi connectivity index (χ1) is 29.9. The maximum absolute atomic E-state index is 16.6. The number of ether oxygens (including phenoxy) is 1. The predicted octanol–water partition coefficient (Wildman–Crippen LogP) is 9.06. The van der Waals surface area contributed by atoms with Gasteiger partial charge in [-0.25, -0.2) is 9.48 Å². The third-order valence-electron chi connectivity index (χ3n) is 12.8. The minimum Gasteiger partial charge on any atom is -0.465 e. The standard InChI is InChI=1S/C46H50ClFN5O7PS/c1-3-22-59-45(57)28(2)51-61(58,60-34-13-5-4-6-14-34)41(48)30-16-19-39-31(23-30)25-40(62-39)42(54)50-37-15-8-7-12-33-17-18-38(53(33)43(37)55)44(56)52-27-35(29-10-9-11-32(47)24-29)36(26-49)46(52)20-21-46/h4-6,9-11,13-14,16,19,23-25,28,33,35-38,41H,3,7-8,12,15,17-18,20-22,27H2,1-2H3,(H,50,54)(H,51,58)/t28-,33-,35-,36-,37-,38-,41+,61?/m0/s1. The van der Waals surface area contributed by atoms with Crippen molar-refractivity contribution in [2.75, 3.05) is 13.2 Å². The number of likely N-dealkylation sites (tertiary alicyclic amines) is 1. The van der Waals surface area contributed by atoms with Crippen LogP contribution in [0.5, 0.6) is 5.75 Å². The van der Waals surface area contributed by atoms with Crippen molar-refractivity contribution in [1.82, 2.24) is 20.2 Å². The molecule has 4 aliphatic rings. The van der Waals surface area contributed by atoms with Gasteiger partial charge in [0.05, 0.1) is 29.0 Å². The maximum atomic E-state index is 16.6.